The first kappa shape index (κ1) is 15.1. The van der Waals surface area contributed by atoms with E-state index < -0.39 is 0 Å². The number of carbonyl (C=O) groups excluding carboxylic acids is 1. The van der Waals surface area contributed by atoms with Gasteiger partial charge in [-0.3, -0.25) is 0 Å². The van der Waals surface area contributed by atoms with Crippen LogP contribution >= 0.6 is 11.6 Å². The molecule has 1 aliphatic rings. The predicted octanol–water partition coefficient (Wildman–Crippen LogP) is 3.33. The van der Waals surface area contributed by atoms with Crippen molar-refractivity contribution in [2.45, 2.75) is 38.8 Å². The van der Waals surface area contributed by atoms with E-state index in [1.165, 1.54) is 0 Å². The smallest absolute Gasteiger partial charge is 0.316 e. The molecule has 0 atom stereocenters. The van der Waals surface area contributed by atoms with Crippen LogP contribution in [-0.4, -0.2) is 35.1 Å². The molecular formula is C15H22ClN3O. The van der Waals surface area contributed by atoms with Crippen LogP contribution in [0.3, 0.4) is 0 Å². The zero-order valence-corrected chi connectivity index (χ0v) is 13.2. The van der Waals surface area contributed by atoms with Gasteiger partial charge in [0.2, 0.25) is 0 Å². The second-order valence-electron chi connectivity index (χ2n) is 6.58. The van der Waals surface area contributed by atoms with E-state index in [-0.39, 0.29) is 17.1 Å². The summed E-state index contributed by atoms with van der Waals surface area (Å²) in [6.07, 6.45) is 0. The van der Waals surface area contributed by atoms with Crippen molar-refractivity contribution >= 4 is 23.3 Å². The summed E-state index contributed by atoms with van der Waals surface area (Å²) >= 11 is 5.94. The van der Waals surface area contributed by atoms with Crippen molar-refractivity contribution < 1.29 is 4.79 Å². The summed E-state index contributed by atoms with van der Waals surface area (Å²) in [7, 11) is 0. The molecule has 0 spiro atoms. The normalized spacial score (nSPS) is 20.6. The maximum absolute atomic E-state index is 12.5. The van der Waals surface area contributed by atoms with Gasteiger partial charge in [-0.25, -0.2) is 4.79 Å². The summed E-state index contributed by atoms with van der Waals surface area (Å²) < 4.78 is 0. The highest BCUT2D eigenvalue weighted by atomic mass is 35.5. The number of piperazine rings is 1. The number of carbonyl (C=O) groups is 1. The molecule has 0 bridgehead atoms. The third-order valence-corrected chi connectivity index (χ3v) is 3.84. The molecule has 2 amide bonds. The fourth-order valence-corrected chi connectivity index (χ4v) is 2.51. The van der Waals surface area contributed by atoms with Crippen LogP contribution in [0.5, 0.6) is 0 Å². The standard InChI is InChI=1S/C15H22ClN3O/c1-14(2)10-19(15(3,4)9-17-14)13(20)18-12-7-5-6-11(16)8-12/h5-8,17H,9-10H2,1-4H3,(H,18,20). The molecule has 1 aromatic rings. The highest BCUT2D eigenvalue weighted by Gasteiger charge is 2.40. The second-order valence-corrected chi connectivity index (χ2v) is 7.01. The van der Waals surface area contributed by atoms with Crippen molar-refractivity contribution in [3.8, 4) is 0 Å². The number of halogens is 1. The minimum atomic E-state index is -0.224. The third-order valence-electron chi connectivity index (χ3n) is 3.60. The van der Waals surface area contributed by atoms with Crippen molar-refractivity contribution in [1.82, 2.24) is 10.2 Å². The molecule has 0 unspecified atom stereocenters. The summed E-state index contributed by atoms with van der Waals surface area (Å²) in [6, 6.07) is 7.11. The van der Waals surface area contributed by atoms with E-state index in [1.807, 2.05) is 17.0 Å². The summed E-state index contributed by atoms with van der Waals surface area (Å²) in [6.45, 7) is 9.75. The quantitative estimate of drug-likeness (QED) is 0.834. The Morgan fingerprint density at radius 3 is 2.70 bits per heavy atom. The summed E-state index contributed by atoms with van der Waals surface area (Å²) in [4.78, 5) is 14.4. The van der Waals surface area contributed by atoms with Crippen LogP contribution in [0.1, 0.15) is 27.7 Å². The molecule has 5 heteroatoms. The minimum absolute atomic E-state index is 0.0821. The van der Waals surface area contributed by atoms with Gasteiger partial charge in [0.05, 0.1) is 5.54 Å². The maximum atomic E-state index is 12.5. The number of anilines is 1. The van der Waals surface area contributed by atoms with Crippen LogP contribution in [0, 0.1) is 0 Å². The molecule has 0 aliphatic carbocycles. The number of hydrogen-bond donors (Lipinski definition) is 2. The Morgan fingerprint density at radius 2 is 2.05 bits per heavy atom. The fraction of sp³-hybridized carbons (Fsp3) is 0.533. The van der Waals surface area contributed by atoms with Crippen LogP contribution < -0.4 is 10.6 Å². The van der Waals surface area contributed by atoms with Crippen molar-refractivity contribution in [2.24, 2.45) is 0 Å². The average Bonchev–Trinajstić information content (AvgIpc) is 2.33. The lowest BCUT2D eigenvalue weighted by atomic mass is 9.92. The molecule has 2 rings (SSSR count). The fourth-order valence-electron chi connectivity index (χ4n) is 2.32. The Kier molecular flexibility index (Phi) is 3.98. The van der Waals surface area contributed by atoms with Crippen LogP contribution in [0.25, 0.3) is 0 Å². The number of amides is 2. The van der Waals surface area contributed by atoms with Crippen molar-refractivity contribution in [3.63, 3.8) is 0 Å². The van der Waals surface area contributed by atoms with E-state index in [9.17, 15) is 4.79 Å². The Hall–Kier alpha value is -1.26. The average molecular weight is 296 g/mol. The molecule has 0 radical (unpaired) electrons. The van der Waals surface area contributed by atoms with Crippen LogP contribution in [-0.2, 0) is 0 Å². The molecular weight excluding hydrogens is 274 g/mol. The molecule has 4 nitrogen and oxygen atoms in total. The van der Waals surface area contributed by atoms with Gasteiger partial charge < -0.3 is 15.5 Å². The summed E-state index contributed by atoms with van der Waals surface area (Å²) in [5.74, 6) is 0. The molecule has 20 heavy (non-hydrogen) atoms. The van der Waals surface area contributed by atoms with Crippen LogP contribution in [0.2, 0.25) is 5.02 Å². The van der Waals surface area contributed by atoms with Gasteiger partial charge in [-0.05, 0) is 45.9 Å². The molecule has 1 heterocycles. The first-order valence-corrected chi connectivity index (χ1v) is 7.17. The molecule has 110 valence electrons. The van der Waals surface area contributed by atoms with Crippen molar-refractivity contribution in [3.05, 3.63) is 29.3 Å². The zero-order chi connectivity index (χ0) is 15.0. The van der Waals surface area contributed by atoms with E-state index in [0.29, 0.717) is 11.6 Å². The predicted molar refractivity (Wildman–Crippen MR) is 83.3 cm³/mol. The highest BCUT2D eigenvalue weighted by Crippen LogP contribution is 2.25. The molecule has 1 fully saturated rings. The molecule has 1 aromatic carbocycles. The van der Waals surface area contributed by atoms with Gasteiger partial charge in [-0.1, -0.05) is 17.7 Å². The van der Waals surface area contributed by atoms with Gasteiger partial charge in [0.25, 0.3) is 0 Å². The van der Waals surface area contributed by atoms with Crippen LogP contribution in [0.15, 0.2) is 24.3 Å². The number of benzene rings is 1. The number of urea groups is 1. The summed E-state index contributed by atoms with van der Waals surface area (Å²) in [5.41, 5.74) is 0.411. The lowest BCUT2D eigenvalue weighted by molar-refractivity contribution is 0.0749. The van der Waals surface area contributed by atoms with Gasteiger partial charge in [0, 0.05) is 29.3 Å². The van der Waals surface area contributed by atoms with Gasteiger partial charge in [-0.2, -0.15) is 0 Å². The monoisotopic (exact) mass is 295 g/mol. The highest BCUT2D eigenvalue weighted by molar-refractivity contribution is 6.30. The Morgan fingerprint density at radius 1 is 1.35 bits per heavy atom. The Labute approximate surface area is 125 Å². The number of nitrogens with zero attached hydrogens (tertiary/aromatic N) is 1. The van der Waals surface area contributed by atoms with E-state index in [1.54, 1.807) is 12.1 Å². The molecule has 2 N–H and O–H groups in total. The van der Waals surface area contributed by atoms with Crippen LogP contribution in [0.4, 0.5) is 10.5 Å². The minimum Gasteiger partial charge on any atom is -0.316 e. The Balaban J connectivity index is 2.14. The number of rotatable bonds is 1. The van der Waals surface area contributed by atoms with E-state index in [4.69, 9.17) is 11.6 Å². The first-order valence-electron chi connectivity index (χ1n) is 6.79. The molecule has 0 saturated carbocycles. The SMILES string of the molecule is CC1(C)CN(C(=O)Nc2cccc(Cl)c2)C(C)(C)CN1. The summed E-state index contributed by atoms with van der Waals surface area (Å²) in [5, 5.41) is 7.00. The largest absolute Gasteiger partial charge is 0.322 e. The van der Waals surface area contributed by atoms with Gasteiger partial charge >= 0.3 is 6.03 Å². The topological polar surface area (TPSA) is 44.4 Å². The molecule has 0 aromatic heterocycles. The second kappa shape index (κ2) is 5.26. The number of nitrogens with one attached hydrogen (secondary N) is 2. The van der Waals surface area contributed by atoms with Gasteiger partial charge in [0.1, 0.15) is 0 Å². The zero-order valence-electron chi connectivity index (χ0n) is 12.5. The Bertz CT molecular complexity index is 514. The van der Waals surface area contributed by atoms with E-state index in [2.05, 4.69) is 38.3 Å². The lowest BCUT2D eigenvalue weighted by Gasteiger charge is -2.49. The molecule has 1 saturated heterocycles. The maximum Gasteiger partial charge on any atom is 0.322 e. The van der Waals surface area contributed by atoms with E-state index >= 15 is 0 Å². The van der Waals surface area contributed by atoms with Gasteiger partial charge in [0.15, 0.2) is 0 Å². The van der Waals surface area contributed by atoms with Gasteiger partial charge in [-0.15, -0.1) is 0 Å². The number of hydrogen-bond acceptors (Lipinski definition) is 2. The molecule has 1 aliphatic heterocycles. The first-order chi connectivity index (χ1) is 9.20. The van der Waals surface area contributed by atoms with E-state index in [0.717, 1.165) is 12.2 Å². The lowest BCUT2D eigenvalue weighted by Crippen LogP contribution is -2.68. The van der Waals surface area contributed by atoms with Crippen molar-refractivity contribution in [1.29, 1.82) is 0 Å². The van der Waals surface area contributed by atoms with Crippen molar-refractivity contribution in [2.75, 3.05) is 18.4 Å². The third kappa shape index (κ3) is 3.44.